The van der Waals surface area contributed by atoms with Crippen LogP contribution < -0.4 is 0 Å². The first-order valence-corrected chi connectivity index (χ1v) is 10.4. The zero-order valence-corrected chi connectivity index (χ0v) is 16.5. The molecule has 3 saturated carbocycles. The number of aromatic nitrogens is 1. The predicted molar refractivity (Wildman–Crippen MR) is 101 cm³/mol. The molecular weight excluding hydrogens is 358 g/mol. The van der Waals surface area contributed by atoms with Gasteiger partial charge in [0.2, 0.25) is 0 Å². The zero-order valence-electron chi connectivity index (χ0n) is 16.5. The van der Waals surface area contributed by atoms with E-state index in [2.05, 4.69) is 18.2 Å². The van der Waals surface area contributed by atoms with Crippen LogP contribution >= 0.6 is 0 Å². The van der Waals surface area contributed by atoms with Gasteiger partial charge in [-0.1, -0.05) is 24.6 Å². The molecule has 4 aliphatic rings. The molecule has 28 heavy (non-hydrogen) atoms. The molecule has 3 N–H and O–H groups in total. The van der Waals surface area contributed by atoms with Crippen molar-refractivity contribution in [1.82, 2.24) is 5.16 Å². The molecule has 0 amide bonds. The highest BCUT2D eigenvalue weighted by atomic mass is 16.5. The Morgan fingerprint density at radius 3 is 2.89 bits per heavy atom. The van der Waals surface area contributed by atoms with Gasteiger partial charge in [0.15, 0.2) is 11.5 Å². The molecule has 4 aliphatic carbocycles. The largest absolute Gasteiger partial charge is 0.393 e. The van der Waals surface area contributed by atoms with Crippen molar-refractivity contribution in [2.24, 2.45) is 28.6 Å². The second kappa shape index (κ2) is 5.77. The van der Waals surface area contributed by atoms with E-state index < -0.39 is 29.5 Å². The second-order valence-corrected chi connectivity index (χ2v) is 9.98. The van der Waals surface area contributed by atoms with Crippen molar-refractivity contribution in [2.45, 2.75) is 64.1 Å². The van der Waals surface area contributed by atoms with Crippen LogP contribution in [-0.4, -0.2) is 44.6 Å². The number of hydrogen-bond acceptors (Lipinski definition) is 6. The van der Waals surface area contributed by atoms with E-state index in [1.54, 1.807) is 6.20 Å². The first-order valence-electron chi connectivity index (χ1n) is 10.4. The van der Waals surface area contributed by atoms with Crippen molar-refractivity contribution >= 4 is 11.9 Å². The summed E-state index contributed by atoms with van der Waals surface area (Å²) in [5, 5.41) is 36.0. The lowest BCUT2D eigenvalue weighted by atomic mass is 9.45. The highest BCUT2D eigenvalue weighted by Gasteiger charge is 2.68. The quantitative estimate of drug-likeness (QED) is 0.718. The van der Waals surface area contributed by atoms with Crippen LogP contribution in [0.5, 0.6) is 0 Å². The molecule has 5 rings (SSSR count). The van der Waals surface area contributed by atoms with Gasteiger partial charge in [0.1, 0.15) is 12.2 Å². The van der Waals surface area contributed by atoms with Crippen molar-refractivity contribution in [3.05, 3.63) is 23.1 Å². The van der Waals surface area contributed by atoms with Crippen molar-refractivity contribution in [1.29, 1.82) is 0 Å². The van der Waals surface area contributed by atoms with E-state index in [9.17, 15) is 20.1 Å². The molecule has 0 aromatic carbocycles. The molecule has 0 spiro atoms. The van der Waals surface area contributed by atoms with Gasteiger partial charge >= 0.3 is 0 Å². The van der Waals surface area contributed by atoms with Crippen LogP contribution in [0.15, 0.2) is 16.3 Å². The SMILES string of the molecule is CC12Cc3cnoc3C=C1CCC1C2C(O)CC2(C)C1CC[C@]2(O)C(=O)CO. The standard InChI is InChI=1S/C22H29NO5/c1-20-8-12-10-23-28-17(12)7-13(20)3-4-14-15-5-6-22(27,18(26)11-24)21(15,2)9-16(25)19(14)20/h7,10,14-16,19,24-25,27H,3-6,8-9,11H2,1-2H3/t14?,15?,16?,19?,20?,21?,22-/m0/s1. The summed E-state index contributed by atoms with van der Waals surface area (Å²) in [5.74, 6) is 0.837. The molecule has 0 saturated heterocycles. The topological polar surface area (TPSA) is 104 Å². The molecule has 1 heterocycles. The summed E-state index contributed by atoms with van der Waals surface area (Å²) in [7, 11) is 0. The lowest BCUT2D eigenvalue weighted by molar-refractivity contribution is -0.181. The molecule has 1 aromatic rings. The van der Waals surface area contributed by atoms with Gasteiger partial charge in [0, 0.05) is 11.0 Å². The molecule has 7 atom stereocenters. The average molecular weight is 387 g/mol. The second-order valence-electron chi connectivity index (χ2n) is 9.98. The highest BCUT2D eigenvalue weighted by Crippen LogP contribution is 2.67. The lowest BCUT2D eigenvalue weighted by Crippen LogP contribution is -2.62. The summed E-state index contributed by atoms with van der Waals surface area (Å²) in [6.45, 7) is 3.55. The van der Waals surface area contributed by atoms with Crippen molar-refractivity contribution < 1.29 is 24.6 Å². The summed E-state index contributed by atoms with van der Waals surface area (Å²) in [4.78, 5) is 12.5. The third kappa shape index (κ3) is 2.09. The Morgan fingerprint density at radius 1 is 1.36 bits per heavy atom. The van der Waals surface area contributed by atoms with Crippen LogP contribution in [0.1, 0.15) is 57.3 Å². The van der Waals surface area contributed by atoms with Gasteiger partial charge in [-0.05, 0) is 67.8 Å². The smallest absolute Gasteiger partial charge is 0.190 e. The van der Waals surface area contributed by atoms with E-state index in [1.807, 2.05) is 6.92 Å². The zero-order chi connectivity index (χ0) is 19.9. The molecule has 0 aliphatic heterocycles. The highest BCUT2D eigenvalue weighted by molar-refractivity contribution is 5.89. The number of Topliss-reactive ketones (excluding diaryl/α,β-unsaturated/α-hetero) is 1. The maximum Gasteiger partial charge on any atom is 0.190 e. The van der Waals surface area contributed by atoms with Crippen molar-refractivity contribution in [3.63, 3.8) is 0 Å². The molecule has 0 radical (unpaired) electrons. The third-order valence-corrected chi connectivity index (χ3v) is 8.97. The van der Waals surface area contributed by atoms with Crippen LogP contribution in [0, 0.1) is 28.6 Å². The first kappa shape index (κ1) is 18.5. The van der Waals surface area contributed by atoms with E-state index in [0.717, 1.165) is 37.0 Å². The summed E-state index contributed by atoms with van der Waals surface area (Å²) < 4.78 is 5.38. The lowest BCUT2D eigenvalue weighted by Gasteiger charge is -2.60. The van der Waals surface area contributed by atoms with E-state index in [1.165, 1.54) is 5.57 Å². The van der Waals surface area contributed by atoms with Gasteiger partial charge in [-0.15, -0.1) is 0 Å². The Bertz CT molecular complexity index is 861. The third-order valence-electron chi connectivity index (χ3n) is 8.97. The molecule has 6 nitrogen and oxygen atoms in total. The van der Waals surface area contributed by atoms with Crippen LogP contribution in [-0.2, 0) is 11.2 Å². The van der Waals surface area contributed by atoms with Crippen molar-refractivity contribution in [2.75, 3.05) is 6.61 Å². The van der Waals surface area contributed by atoms with Gasteiger partial charge in [-0.2, -0.15) is 0 Å². The minimum absolute atomic E-state index is 0.0835. The van der Waals surface area contributed by atoms with E-state index in [0.29, 0.717) is 12.8 Å². The number of ketones is 1. The van der Waals surface area contributed by atoms with Crippen LogP contribution in [0.4, 0.5) is 0 Å². The van der Waals surface area contributed by atoms with Crippen molar-refractivity contribution in [3.8, 4) is 0 Å². The molecule has 6 heteroatoms. The van der Waals surface area contributed by atoms with Gasteiger partial charge in [-0.3, -0.25) is 4.79 Å². The normalized spacial score (nSPS) is 46.8. The fourth-order valence-corrected chi connectivity index (χ4v) is 7.61. The van der Waals surface area contributed by atoms with Gasteiger partial charge in [0.05, 0.1) is 12.3 Å². The molecule has 3 fully saturated rings. The van der Waals surface area contributed by atoms with E-state index in [-0.39, 0.29) is 23.2 Å². The number of carbonyl (C=O) groups excluding carboxylic acids is 1. The Labute approximate surface area is 164 Å². The number of fused-ring (bicyclic) bond motifs is 6. The number of aliphatic hydroxyl groups excluding tert-OH is 2. The van der Waals surface area contributed by atoms with Gasteiger partial charge < -0.3 is 19.8 Å². The monoisotopic (exact) mass is 387 g/mol. The Hall–Kier alpha value is -1.50. The molecule has 0 bridgehead atoms. The molecule has 6 unspecified atom stereocenters. The number of carbonyl (C=O) groups is 1. The Morgan fingerprint density at radius 2 is 2.14 bits per heavy atom. The van der Waals surface area contributed by atoms with Crippen LogP contribution in [0.2, 0.25) is 0 Å². The van der Waals surface area contributed by atoms with Gasteiger partial charge in [0.25, 0.3) is 0 Å². The summed E-state index contributed by atoms with van der Waals surface area (Å²) in [6.07, 6.45) is 7.50. The minimum Gasteiger partial charge on any atom is -0.393 e. The molecule has 152 valence electrons. The minimum atomic E-state index is -1.54. The summed E-state index contributed by atoms with van der Waals surface area (Å²) >= 11 is 0. The first-order chi connectivity index (χ1) is 13.2. The Kier molecular flexibility index (Phi) is 3.82. The summed E-state index contributed by atoms with van der Waals surface area (Å²) in [5.41, 5.74) is 0.0151. The van der Waals surface area contributed by atoms with Crippen LogP contribution in [0.25, 0.3) is 6.08 Å². The number of aliphatic hydroxyl groups is 3. The maximum absolute atomic E-state index is 12.5. The number of nitrogens with zero attached hydrogens (tertiary/aromatic N) is 1. The van der Waals surface area contributed by atoms with Gasteiger partial charge in [-0.25, -0.2) is 0 Å². The number of hydrogen-bond donors (Lipinski definition) is 3. The predicted octanol–water partition coefficient (Wildman–Crippen LogP) is 2.12. The van der Waals surface area contributed by atoms with E-state index in [4.69, 9.17) is 4.52 Å². The number of allylic oxidation sites excluding steroid dienone is 1. The Balaban J connectivity index is 1.55. The fourth-order valence-electron chi connectivity index (χ4n) is 7.61. The number of rotatable bonds is 2. The van der Waals surface area contributed by atoms with E-state index >= 15 is 0 Å². The average Bonchev–Trinajstić information content (AvgIpc) is 3.20. The summed E-state index contributed by atoms with van der Waals surface area (Å²) in [6, 6.07) is 0. The molecular formula is C22H29NO5. The fraction of sp³-hybridized carbons (Fsp3) is 0.727. The maximum atomic E-state index is 12.5. The van der Waals surface area contributed by atoms with Crippen LogP contribution in [0.3, 0.4) is 0 Å². The molecule has 1 aromatic heterocycles.